The molecule has 2 atom stereocenters. The Morgan fingerprint density at radius 1 is 1.05 bits per heavy atom. The lowest BCUT2D eigenvalue weighted by Gasteiger charge is -2.51. The number of hydrogen-bond acceptors (Lipinski definition) is 3. The topological polar surface area (TPSA) is 32.8 Å². The fraction of sp³-hybridized carbons (Fsp3) is 0.944. The molecule has 124 valence electrons. The molecule has 0 bridgehead atoms. The number of hydrogen-bond donors (Lipinski definition) is 0. The summed E-state index contributed by atoms with van der Waals surface area (Å²) in [7, 11) is 0. The minimum absolute atomic E-state index is 0.302. The lowest BCUT2D eigenvalue weighted by molar-refractivity contribution is -0.136. The van der Waals surface area contributed by atoms with E-state index in [1.165, 1.54) is 51.5 Å². The molecule has 4 fully saturated rings. The first-order valence-electron chi connectivity index (χ1n) is 9.42. The molecule has 3 aliphatic heterocycles. The van der Waals surface area contributed by atoms with Crippen molar-refractivity contribution >= 4 is 5.91 Å². The van der Waals surface area contributed by atoms with Crippen LogP contribution < -0.4 is 0 Å². The fourth-order valence-corrected chi connectivity index (χ4v) is 5.02. The molecule has 4 rings (SSSR count). The highest BCUT2D eigenvalue weighted by atomic mass is 16.5. The molecule has 4 heteroatoms. The second-order valence-corrected chi connectivity index (χ2v) is 7.90. The van der Waals surface area contributed by atoms with Gasteiger partial charge in [0.15, 0.2) is 0 Å². The Labute approximate surface area is 134 Å². The summed E-state index contributed by atoms with van der Waals surface area (Å²) in [6.07, 6.45) is 11.4. The maximum Gasteiger partial charge on any atom is 0.225 e. The van der Waals surface area contributed by atoms with E-state index in [0.717, 1.165) is 39.1 Å². The highest BCUT2D eigenvalue weighted by molar-refractivity contribution is 5.79. The van der Waals surface area contributed by atoms with Crippen LogP contribution in [0.15, 0.2) is 0 Å². The summed E-state index contributed by atoms with van der Waals surface area (Å²) in [5, 5.41) is 0. The molecule has 1 aliphatic carbocycles. The van der Waals surface area contributed by atoms with E-state index in [9.17, 15) is 4.79 Å². The van der Waals surface area contributed by atoms with E-state index in [0.29, 0.717) is 23.5 Å². The third kappa shape index (κ3) is 2.69. The van der Waals surface area contributed by atoms with Gasteiger partial charge in [0.2, 0.25) is 5.91 Å². The minimum Gasteiger partial charge on any atom is -0.377 e. The Morgan fingerprint density at radius 2 is 1.86 bits per heavy atom. The number of rotatable bonds is 3. The van der Waals surface area contributed by atoms with Crippen molar-refractivity contribution in [2.75, 3.05) is 32.8 Å². The Balaban J connectivity index is 1.33. The zero-order chi connectivity index (χ0) is 15.0. The minimum atomic E-state index is 0.302. The summed E-state index contributed by atoms with van der Waals surface area (Å²) in [5.41, 5.74) is 0.302. The summed E-state index contributed by atoms with van der Waals surface area (Å²) in [6, 6.07) is 0. The van der Waals surface area contributed by atoms with Gasteiger partial charge in [-0.15, -0.1) is 0 Å². The number of amides is 1. The molecule has 2 unspecified atom stereocenters. The van der Waals surface area contributed by atoms with Gasteiger partial charge in [-0.25, -0.2) is 0 Å². The Morgan fingerprint density at radius 3 is 2.55 bits per heavy atom. The van der Waals surface area contributed by atoms with Crippen LogP contribution in [0.5, 0.6) is 0 Å². The summed E-state index contributed by atoms with van der Waals surface area (Å²) in [5.74, 6) is 0.788. The quantitative estimate of drug-likeness (QED) is 0.803. The molecule has 0 radical (unpaired) electrons. The molecule has 1 amide bonds. The van der Waals surface area contributed by atoms with E-state index in [-0.39, 0.29) is 0 Å². The molecular weight excluding hydrogens is 276 g/mol. The molecule has 0 aromatic carbocycles. The molecule has 0 N–H and O–H groups in total. The van der Waals surface area contributed by atoms with Crippen LogP contribution in [0.1, 0.15) is 57.8 Å². The van der Waals surface area contributed by atoms with Gasteiger partial charge >= 0.3 is 0 Å². The normalized spacial score (nSPS) is 36.9. The largest absolute Gasteiger partial charge is 0.377 e. The zero-order valence-corrected chi connectivity index (χ0v) is 13.8. The number of carbonyl (C=O) groups excluding carboxylic acids is 1. The van der Waals surface area contributed by atoms with Crippen molar-refractivity contribution in [1.29, 1.82) is 0 Å². The summed E-state index contributed by atoms with van der Waals surface area (Å²) in [6.45, 7) is 5.20. The van der Waals surface area contributed by atoms with Crippen molar-refractivity contribution in [2.24, 2.45) is 5.92 Å². The number of likely N-dealkylation sites (tertiary alicyclic amines) is 2. The molecule has 4 aliphatic rings. The molecule has 3 heterocycles. The lowest BCUT2D eigenvalue weighted by Crippen LogP contribution is -2.63. The first-order valence-corrected chi connectivity index (χ1v) is 9.42. The highest BCUT2D eigenvalue weighted by Gasteiger charge is 2.51. The second kappa shape index (κ2) is 6.12. The van der Waals surface area contributed by atoms with E-state index < -0.39 is 0 Å². The van der Waals surface area contributed by atoms with Crippen LogP contribution in [0, 0.1) is 5.92 Å². The summed E-state index contributed by atoms with van der Waals surface area (Å²) in [4.78, 5) is 17.6. The number of carbonyl (C=O) groups is 1. The van der Waals surface area contributed by atoms with Crippen LogP contribution in [0.2, 0.25) is 0 Å². The van der Waals surface area contributed by atoms with Gasteiger partial charge in [-0.3, -0.25) is 9.69 Å². The first-order chi connectivity index (χ1) is 10.8. The van der Waals surface area contributed by atoms with Gasteiger partial charge < -0.3 is 9.64 Å². The predicted octanol–water partition coefficient (Wildman–Crippen LogP) is 2.42. The van der Waals surface area contributed by atoms with Gasteiger partial charge in [0, 0.05) is 44.2 Å². The van der Waals surface area contributed by atoms with Gasteiger partial charge in [0.1, 0.15) is 0 Å². The van der Waals surface area contributed by atoms with E-state index in [1.54, 1.807) is 0 Å². The van der Waals surface area contributed by atoms with Crippen LogP contribution in [-0.2, 0) is 9.53 Å². The summed E-state index contributed by atoms with van der Waals surface area (Å²) >= 11 is 0. The van der Waals surface area contributed by atoms with E-state index in [1.807, 2.05) is 0 Å². The molecule has 1 saturated carbocycles. The van der Waals surface area contributed by atoms with Gasteiger partial charge in [0.05, 0.1) is 6.10 Å². The van der Waals surface area contributed by atoms with Crippen LogP contribution in [0.3, 0.4) is 0 Å². The van der Waals surface area contributed by atoms with Gasteiger partial charge in [-0.2, -0.15) is 0 Å². The molecule has 22 heavy (non-hydrogen) atoms. The Hall–Kier alpha value is -0.610. The van der Waals surface area contributed by atoms with Crippen LogP contribution in [-0.4, -0.2) is 60.1 Å². The van der Waals surface area contributed by atoms with Crippen molar-refractivity contribution < 1.29 is 9.53 Å². The van der Waals surface area contributed by atoms with Crippen molar-refractivity contribution in [3.05, 3.63) is 0 Å². The van der Waals surface area contributed by atoms with E-state index >= 15 is 0 Å². The zero-order valence-electron chi connectivity index (χ0n) is 13.8. The molecule has 3 saturated heterocycles. The number of ether oxygens (including phenoxy) is 1. The number of nitrogens with zero attached hydrogens (tertiary/aromatic N) is 2. The van der Waals surface area contributed by atoms with E-state index in [4.69, 9.17) is 4.74 Å². The Bertz CT molecular complexity index is 415. The average molecular weight is 306 g/mol. The Kier molecular flexibility index (Phi) is 4.16. The predicted molar refractivity (Wildman–Crippen MR) is 85.7 cm³/mol. The third-order valence-electron chi connectivity index (χ3n) is 6.56. The van der Waals surface area contributed by atoms with Crippen molar-refractivity contribution in [2.45, 2.75) is 69.4 Å². The van der Waals surface area contributed by atoms with Crippen LogP contribution in [0.4, 0.5) is 0 Å². The molecule has 0 aromatic rings. The van der Waals surface area contributed by atoms with Gasteiger partial charge in [-0.05, 0) is 38.5 Å². The van der Waals surface area contributed by atoms with E-state index in [2.05, 4.69) is 9.80 Å². The standard InChI is InChI=1S/C18H30N2O2/c21-17(15-5-2-1-3-6-15)19-10-8-18(14-19)9-11-20(18)13-16-7-4-12-22-16/h15-16H,1-14H2. The third-order valence-corrected chi connectivity index (χ3v) is 6.56. The summed E-state index contributed by atoms with van der Waals surface area (Å²) < 4.78 is 5.81. The first kappa shape index (κ1) is 14.9. The molecular formula is C18H30N2O2. The van der Waals surface area contributed by atoms with Crippen LogP contribution in [0.25, 0.3) is 0 Å². The van der Waals surface area contributed by atoms with Crippen LogP contribution >= 0.6 is 0 Å². The smallest absolute Gasteiger partial charge is 0.225 e. The van der Waals surface area contributed by atoms with Crippen molar-refractivity contribution in [3.8, 4) is 0 Å². The average Bonchev–Trinajstić information content (AvgIpc) is 3.22. The van der Waals surface area contributed by atoms with Crippen molar-refractivity contribution in [1.82, 2.24) is 9.80 Å². The fourth-order valence-electron chi connectivity index (χ4n) is 5.02. The second-order valence-electron chi connectivity index (χ2n) is 7.90. The molecule has 4 nitrogen and oxygen atoms in total. The SMILES string of the molecule is O=C(C1CCCCC1)N1CCC2(CCN2CC2CCCO2)C1. The maximum atomic E-state index is 12.8. The molecule has 1 spiro atoms. The van der Waals surface area contributed by atoms with Gasteiger partial charge in [0.25, 0.3) is 0 Å². The lowest BCUT2D eigenvalue weighted by atomic mass is 9.83. The molecule has 0 aromatic heterocycles. The maximum absolute atomic E-state index is 12.8. The van der Waals surface area contributed by atoms with Gasteiger partial charge in [-0.1, -0.05) is 19.3 Å². The monoisotopic (exact) mass is 306 g/mol. The highest BCUT2D eigenvalue weighted by Crippen LogP contribution is 2.40. The van der Waals surface area contributed by atoms with Crippen molar-refractivity contribution in [3.63, 3.8) is 0 Å².